The maximum atomic E-state index is 11.2. The molecular weight excluding hydrogens is 194 g/mol. The Hall–Kier alpha value is -1.84. The Bertz CT molecular complexity index is 386. The van der Waals surface area contributed by atoms with E-state index < -0.39 is 6.10 Å². The van der Waals surface area contributed by atoms with Gasteiger partial charge in [-0.3, -0.25) is 0 Å². The number of rotatable bonds is 2. The smallest absolute Gasteiger partial charge is 0.349 e. The predicted octanol–water partition coefficient (Wildman–Crippen LogP) is 1.00. The van der Waals surface area contributed by atoms with Crippen LogP contribution < -0.4 is 0 Å². The van der Waals surface area contributed by atoms with Gasteiger partial charge in [0, 0.05) is 5.56 Å². The van der Waals surface area contributed by atoms with Gasteiger partial charge >= 0.3 is 5.97 Å². The molecule has 0 amide bonds. The minimum absolute atomic E-state index is 0.330. The number of aliphatic imine (C=N–C) groups is 1. The highest BCUT2D eigenvalue weighted by molar-refractivity contribution is 5.97. The van der Waals surface area contributed by atoms with Crippen molar-refractivity contribution < 1.29 is 14.3 Å². The van der Waals surface area contributed by atoms with Gasteiger partial charge in [0.1, 0.15) is 0 Å². The van der Waals surface area contributed by atoms with Gasteiger partial charge in [0.05, 0.1) is 13.7 Å². The van der Waals surface area contributed by atoms with E-state index in [-0.39, 0.29) is 5.97 Å². The summed E-state index contributed by atoms with van der Waals surface area (Å²) in [5.41, 5.74) is 0.879. The van der Waals surface area contributed by atoms with Gasteiger partial charge in [-0.2, -0.15) is 0 Å². The second-order valence-electron chi connectivity index (χ2n) is 3.14. The summed E-state index contributed by atoms with van der Waals surface area (Å²) in [7, 11) is 1.34. The third kappa shape index (κ3) is 1.98. The van der Waals surface area contributed by atoms with Crippen LogP contribution in [0.4, 0.5) is 0 Å². The first kappa shape index (κ1) is 9.71. The van der Waals surface area contributed by atoms with Crippen LogP contribution in [0.3, 0.4) is 0 Å². The molecular formula is C11H11NO3. The van der Waals surface area contributed by atoms with Crippen molar-refractivity contribution in [2.75, 3.05) is 13.7 Å². The normalized spacial score (nSPS) is 19.3. The Balaban J connectivity index is 2.07. The molecule has 1 aromatic rings. The largest absolute Gasteiger partial charge is 0.466 e. The SMILES string of the molecule is COC(=O)C1CN=C(c2ccccc2)O1. The minimum Gasteiger partial charge on any atom is -0.466 e. The highest BCUT2D eigenvalue weighted by Gasteiger charge is 2.28. The molecule has 2 rings (SSSR count). The summed E-state index contributed by atoms with van der Waals surface area (Å²) in [4.78, 5) is 15.3. The van der Waals surface area contributed by atoms with E-state index in [4.69, 9.17) is 4.74 Å². The van der Waals surface area contributed by atoms with Gasteiger partial charge in [0.25, 0.3) is 0 Å². The van der Waals surface area contributed by atoms with Crippen molar-refractivity contribution in [1.29, 1.82) is 0 Å². The van der Waals surface area contributed by atoms with E-state index >= 15 is 0 Å². The van der Waals surface area contributed by atoms with E-state index in [9.17, 15) is 4.79 Å². The van der Waals surface area contributed by atoms with Crippen LogP contribution >= 0.6 is 0 Å². The summed E-state index contributed by atoms with van der Waals surface area (Å²) in [6.07, 6.45) is -0.592. The molecule has 1 aliphatic rings. The van der Waals surface area contributed by atoms with Crippen molar-refractivity contribution in [3.05, 3.63) is 35.9 Å². The molecule has 0 aromatic heterocycles. The lowest BCUT2D eigenvalue weighted by molar-refractivity contribution is -0.148. The van der Waals surface area contributed by atoms with Gasteiger partial charge in [0.2, 0.25) is 12.0 Å². The van der Waals surface area contributed by atoms with Crippen LogP contribution in [0.1, 0.15) is 5.56 Å². The van der Waals surface area contributed by atoms with E-state index in [2.05, 4.69) is 9.73 Å². The standard InChI is InChI=1S/C11H11NO3/c1-14-11(13)9-7-12-10(15-9)8-5-3-2-4-6-8/h2-6,9H,7H2,1H3. The Morgan fingerprint density at radius 3 is 2.87 bits per heavy atom. The Morgan fingerprint density at radius 1 is 1.47 bits per heavy atom. The van der Waals surface area contributed by atoms with Crippen LogP contribution in [-0.4, -0.2) is 31.6 Å². The number of ether oxygens (including phenoxy) is 2. The van der Waals surface area contributed by atoms with Crippen molar-refractivity contribution in [2.45, 2.75) is 6.10 Å². The van der Waals surface area contributed by atoms with Crippen molar-refractivity contribution in [3.8, 4) is 0 Å². The second kappa shape index (κ2) is 4.13. The average Bonchev–Trinajstić information content (AvgIpc) is 2.78. The number of benzene rings is 1. The summed E-state index contributed by atoms with van der Waals surface area (Å²) in [6.45, 7) is 0.330. The van der Waals surface area contributed by atoms with Crippen LogP contribution in [0, 0.1) is 0 Å². The first-order chi connectivity index (χ1) is 7.31. The summed E-state index contributed by atoms with van der Waals surface area (Å²) >= 11 is 0. The molecule has 0 saturated carbocycles. The minimum atomic E-state index is -0.592. The number of esters is 1. The molecule has 1 heterocycles. The molecule has 0 radical (unpaired) electrons. The van der Waals surface area contributed by atoms with Gasteiger partial charge in [0.15, 0.2) is 0 Å². The maximum Gasteiger partial charge on any atom is 0.349 e. The third-order valence-corrected chi connectivity index (χ3v) is 2.14. The molecule has 0 spiro atoms. The Labute approximate surface area is 87.5 Å². The summed E-state index contributed by atoms with van der Waals surface area (Å²) in [5, 5.41) is 0. The van der Waals surface area contributed by atoms with Crippen molar-refractivity contribution in [1.82, 2.24) is 0 Å². The maximum absolute atomic E-state index is 11.2. The molecule has 0 bridgehead atoms. The van der Waals surface area contributed by atoms with Gasteiger partial charge < -0.3 is 9.47 Å². The second-order valence-corrected chi connectivity index (χ2v) is 3.14. The van der Waals surface area contributed by atoms with Crippen LogP contribution in [0.15, 0.2) is 35.3 Å². The lowest BCUT2D eigenvalue weighted by atomic mass is 10.2. The Morgan fingerprint density at radius 2 is 2.20 bits per heavy atom. The zero-order valence-electron chi connectivity index (χ0n) is 8.34. The van der Waals surface area contributed by atoms with Crippen LogP contribution in [0.25, 0.3) is 0 Å². The average molecular weight is 205 g/mol. The molecule has 15 heavy (non-hydrogen) atoms. The number of nitrogens with zero attached hydrogens (tertiary/aromatic N) is 1. The quantitative estimate of drug-likeness (QED) is 0.677. The van der Waals surface area contributed by atoms with Crippen LogP contribution in [0.2, 0.25) is 0 Å². The molecule has 0 N–H and O–H groups in total. The fourth-order valence-electron chi connectivity index (χ4n) is 1.37. The zero-order chi connectivity index (χ0) is 10.7. The molecule has 1 aliphatic heterocycles. The molecule has 78 valence electrons. The number of hydrogen-bond acceptors (Lipinski definition) is 4. The first-order valence-corrected chi connectivity index (χ1v) is 4.65. The molecule has 0 aliphatic carbocycles. The van der Waals surface area contributed by atoms with E-state index in [0.717, 1.165) is 5.56 Å². The Kier molecular flexibility index (Phi) is 2.67. The molecule has 1 atom stereocenters. The number of hydrogen-bond donors (Lipinski definition) is 0. The molecule has 0 saturated heterocycles. The number of carbonyl (C=O) groups is 1. The van der Waals surface area contributed by atoms with Crippen LogP contribution in [-0.2, 0) is 14.3 Å². The molecule has 1 aromatic carbocycles. The topological polar surface area (TPSA) is 47.9 Å². The van der Waals surface area contributed by atoms with Crippen molar-refractivity contribution in [3.63, 3.8) is 0 Å². The lowest BCUT2D eigenvalue weighted by Crippen LogP contribution is -2.25. The van der Waals surface area contributed by atoms with Gasteiger partial charge in [-0.15, -0.1) is 0 Å². The van der Waals surface area contributed by atoms with E-state index in [0.29, 0.717) is 12.4 Å². The van der Waals surface area contributed by atoms with E-state index in [1.54, 1.807) is 0 Å². The third-order valence-electron chi connectivity index (χ3n) is 2.14. The molecule has 4 nitrogen and oxygen atoms in total. The highest BCUT2D eigenvalue weighted by atomic mass is 16.6. The summed E-state index contributed by atoms with van der Waals surface area (Å²) < 4.78 is 9.96. The summed E-state index contributed by atoms with van der Waals surface area (Å²) in [6, 6.07) is 9.48. The molecule has 0 fully saturated rings. The van der Waals surface area contributed by atoms with Crippen molar-refractivity contribution >= 4 is 11.9 Å². The van der Waals surface area contributed by atoms with Gasteiger partial charge in [-0.25, -0.2) is 9.79 Å². The highest BCUT2D eigenvalue weighted by Crippen LogP contribution is 2.12. The predicted molar refractivity (Wildman–Crippen MR) is 54.7 cm³/mol. The monoisotopic (exact) mass is 205 g/mol. The summed E-state index contributed by atoms with van der Waals surface area (Å²) in [5.74, 6) is 0.121. The molecule has 1 unspecified atom stereocenters. The van der Waals surface area contributed by atoms with Crippen molar-refractivity contribution in [2.24, 2.45) is 4.99 Å². The number of methoxy groups -OCH3 is 1. The van der Waals surface area contributed by atoms with Crippen LogP contribution in [0.5, 0.6) is 0 Å². The van der Waals surface area contributed by atoms with Gasteiger partial charge in [-0.1, -0.05) is 18.2 Å². The molecule has 4 heteroatoms. The van der Waals surface area contributed by atoms with E-state index in [1.165, 1.54) is 7.11 Å². The lowest BCUT2D eigenvalue weighted by Gasteiger charge is -2.08. The fourth-order valence-corrected chi connectivity index (χ4v) is 1.37. The van der Waals surface area contributed by atoms with E-state index in [1.807, 2.05) is 30.3 Å². The number of carbonyl (C=O) groups excluding carboxylic acids is 1. The van der Waals surface area contributed by atoms with Gasteiger partial charge in [-0.05, 0) is 12.1 Å². The first-order valence-electron chi connectivity index (χ1n) is 4.65. The zero-order valence-corrected chi connectivity index (χ0v) is 8.34. The fraction of sp³-hybridized carbons (Fsp3) is 0.273.